The van der Waals surface area contributed by atoms with Gasteiger partial charge in [0.25, 0.3) is 0 Å². The van der Waals surface area contributed by atoms with E-state index in [4.69, 9.17) is 10.4 Å². The lowest BCUT2D eigenvalue weighted by atomic mass is 9.86. The van der Waals surface area contributed by atoms with Gasteiger partial charge in [-0.2, -0.15) is 5.26 Å². The number of nitrogens with one attached hydrogen (secondary N) is 2. The van der Waals surface area contributed by atoms with Crippen molar-refractivity contribution >= 4 is 11.9 Å². The van der Waals surface area contributed by atoms with Crippen molar-refractivity contribution in [2.24, 2.45) is 16.8 Å². The van der Waals surface area contributed by atoms with Gasteiger partial charge in [-0.3, -0.25) is 4.99 Å². The van der Waals surface area contributed by atoms with Crippen LogP contribution in [0.15, 0.2) is 23.3 Å². The van der Waals surface area contributed by atoms with E-state index in [-0.39, 0.29) is 6.04 Å². The van der Waals surface area contributed by atoms with E-state index in [1.54, 1.807) is 0 Å². The first-order chi connectivity index (χ1) is 9.26. The maximum Gasteiger partial charge on any atom is 0.124 e. The Labute approximate surface area is 114 Å². The van der Waals surface area contributed by atoms with Crippen molar-refractivity contribution in [1.29, 1.82) is 10.7 Å². The molecule has 2 N–H and O–H groups in total. The van der Waals surface area contributed by atoms with Gasteiger partial charge >= 0.3 is 0 Å². The lowest BCUT2D eigenvalue weighted by Crippen LogP contribution is -2.25. The van der Waals surface area contributed by atoms with Crippen molar-refractivity contribution in [3.05, 3.63) is 24.0 Å². The second kappa shape index (κ2) is 6.33. The van der Waals surface area contributed by atoms with Crippen LogP contribution >= 0.6 is 0 Å². The molecule has 100 valence electrons. The van der Waals surface area contributed by atoms with Crippen molar-refractivity contribution < 1.29 is 0 Å². The Hall–Kier alpha value is -1.89. The average Bonchev–Trinajstić information content (AvgIpc) is 2.95. The number of hydrogen-bond acceptors (Lipinski definition) is 3. The van der Waals surface area contributed by atoms with Gasteiger partial charge in [0.05, 0.1) is 23.5 Å². The molecule has 1 aromatic heterocycles. The predicted molar refractivity (Wildman–Crippen MR) is 76.6 cm³/mol. The first-order valence-corrected chi connectivity index (χ1v) is 6.88. The number of nitrogens with zero attached hydrogens (tertiary/aromatic N) is 2. The van der Waals surface area contributed by atoms with Gasteiger partial charge in [0, 0.05) is 12.4 Å². The number of hydrogen-bond donors (Lipinski definition) is 2. The summed E-state index contributed by atoms with van der Waals surface area (Å²) < 4.78 is 0. The van der Waals surface area contributed by atoms with E-state index < -0.39 is 5.92 Å². The second-order valence-electron chi connectivity index (χ2n) is 5.20. The van der Waals surface area contributed by atoms with Gasteiger partial charge < -0.3 is 10.4 Å². The van der Waals surface area contributed by atoms with Crippen LogP contribution in [0.5, 0.6) is 0 Å². The minimum absolute atomic E-state index is 0.280. The molecule has 0 aromatic carbocycles. The zero-order valence-electron chi connectivity index (χ0n) is 11.3. The lowest BCUT2D eigenvalue weighted by Gasteiger charge is -2.26. The van der Waals surface area contributed by atoms with Crippen molar-refractivity contribution in [3.8, 4) is 6.07 Å². The van der Waals surface area contributed by atoms with E-state index in [1.807, 2.05) is 18.3 Å². The highest BCUT2D eigenvalue weighted by Crippen LogP contribution is 2.27. The Morgan fingerprint density at radius 2 is 2.37 bits per heavy atom. The summed E-state index contributed by atoms with van der Waals surface area (Å²) in [4.78, 5) is 7.92. The molecule has 2 rings (SSSR count). The van der Waals surface area contributed by atoms with Gasteiger partial charge in [-0.05, 0) is 30.9 Å². The molecule has 1 aliphatic rings. The van der Waals surface area contributed by atoms with Crippen molar-refractivity contribution in [2.45, 2.75) is 38.6 Å². The van der Waals surface area contributed by atoms with Gasteiger partial charge in [0.15, 0.2) is 0 Å². The SMILES string of the molecule is CC1CCCCC1N=C(c1ccc[nH]1)C(C#N)C=N. The van der Waals surface area contributed by atoms with Crippen LogP contribution < -0.4 is 0 Å². The van der Waals surface area contributed by atoms with E-state index >= 15 is 0 Å². The van der Waals surface area contributed by atoms with E-state index in [9.17, 15) is 5.26 Å². The van der Waals surface area contributed by atoms with E-state index in [1.165, 1.54) is 25.5 Å². The topological polar surface area (TPSA) is 75.8 Å². The minimum Gasteiger partial charge on any atom is -0.360 e. The van der Waals surface area contributed by atoms with Crippen LogP contribution in [-0.2, 0) is 0 Å². The molecule has 0 amide bonds. The molecular formula is C15H20N4. The summed E-state index contributed by atoms with van der Waals surface area (Å²) in [6, 6.07) is 6.24. The summed E-state index contributed by atoms with van der Waals surface area (Å²) in [5.41, 5.74) is 1.56. The van der Waals surface area contributed by atoms with Crippen LogP contribution in [0.25, 0.3) is 0 Å². The first-order valence-electron chi connectivity index (χ1n) is 6.88. The zero-order chi connectivity index (χ0) is 13.7. The van der Waals surface area contributed by atoms with Crippen molar-refractivity contribution in [3.63, 3.8) is 0 Å². The van der Waals surface area contributed by atoms with Gasteiger partial charge in [-0.15, -0.1) is 0 Å². The highest BCUT2D eigenvalue weighted by molar-refractivity contribution is 6.10. The van der Waals surface area contributed by atoms with Gasteiger partial charge in [-0.25, -0.2) is 0 Å². The molecule has 19 heavy (non-hydrogen) atoms. The fourth-order valence-electron chi connectivity index (χ4n) is 2.65. The maximum atomic E-state index is 9.19. The monoisotopic (exact) mass is 256 g/mol. The Morgan fingerprint density at radius 3 is 2.95 bits per heavy atom. The molecule has 1 aliphatic carbocycles. The maximum absolute atomic E-state index is 9.19. The Balaban J connectivity index is 2.31. The molecule has 1 saturated carbocycles. The summed E-state index contributed by atoms with van der Waals surface area (Å²) in [6.07, 6.45) is 7.77. The van der Waals surface area contributed by atoms with Crippen LogP contribution in [-0.4, -0.2) is 23.0 Å². The van der Waals surface area contributed by atoms with Gasteiger partial charge in [0.1, 0.15) is 5.92 Å². The standard InChI is InChI=1S/C15H20N4/c1-11-5-2-3-6-13(11)19-15(12(9-16)10-17)14-7-4-8-18-14/h4,7-9,11-13,16,18H,2-3,5-6H2,1H3. The van der Waals surface area contributed by atoms with E-state index in [0.29, 0.717) is 11.6 Å². The third-order valence-corrected chi connectivity index (χ3v) is 3.85. The molecular weight excluding hydrogens is 236 g/mol. The third-order valence-electron chi connectivity index (χ3n) is 3.85. The van der Waals surface area contributed by atoms with Gasteiger partial charge in [0.2, 0.25) is 0 Å². The van der Waals surface area contributed by atoms with E-state index in [0.717, 1.165) is 12.1 Å². The molecule has 0 aliphatic heterocycles. The zero-order valence-corrected chi connectivity index (χ0v) is 11.3. The highest BCUT2D eigenvalue weighted by Gasteiger charge is 2.24. The van der Waals surface area contributed by atoms with E-state index in [2.05, 4.69) is 18.0 Å². The van der Waals surface area contributed by atoms with Crippen molar-refractivity contribution in [1.82, 2.24) is 4.98 Å². The normalized spacial score (nSPS) is 25.6. The summed E-state index contributed by atoms with van der Waals surface area (Å²) >= 11 is 0. The molecule has 1 fully saturated rings. The Kier molecular flexibility index (Phi) is 4.51. The molecule has 0 bridgehead atoms. The largest absolute Gasteiger partial charge is 0.360 e. The second-order valence-corrected chi connectivity index (χ2v) is 5.20. The fourth-order valence-corrected chi connectivity index (χ4v) is 2.65. The molecule has 1 heterocycles. The molecule has 0 radical (unpaired) electrons. The van der Waals surface area contributed by atoms with Crippen molar-refractivity contribution in [2.75, 3.05) is 0 Å². The van der Waals surface area contributed by atoms with Crippen LogP contribution in [0, 0.1) is 28.6 Å². The molecule has 4 heteroatoms. The van der Waals surface area contributed by atoms with Crippen LogP contribution in [0.3, 0.4) is 0 Å². The molecule has 0 spiro atoms. The number of nitriles is 1. The van der Waals surface area contributed by atoms with Gasteiger partial charge in [-0.1, -0.05) is 19.8 Å². The lowest BCUT2D eigenvalue weighted by molar-refractivity contribution is 0.332. The smallest absolute Gasteiger partial charge is 0.124 e. The summed E-state index contributed by atoms with van der Waals surface area (Å²) in [5.74, 6) is -0.00318. The van der Waals surface area contributed by atoms with Crippen LogP contribution in [0.1, 0.15) is 38.3 Å². The molecule has 3 atom stereocenters. The predicted octanol–water partition coefficient (Wildman–Crippen LogP) is 3.17. The number of rotatable bonds is 4. The molecule has 0 saturated heterocycles. The third kappa shape index (κ3) is 3.11. The number of aliphatic imine (C=N–C) groups is 1. The fraction of sp³-hybridized carbons (Fsp3) is 0.533. The average molecular weight is 256 g/mol. The Morgan fingerprint density at radius 1 is 1.58 bits per heavy atom. The van der Waals surface area contributed by atoms with Crippen LogP contribution in [0.2, 0.25) is 0 Å². The first kappa shape index (κ1) is 13.5. The number of aromatic amines is 1. The molecule has 4 nitrogen and oxygen atoms in total. The van der Waals surface area contributed by atoms with Crippen LogP contribution in [0.4, 0.5) is 0 Å². The summed E-state index contributed by atoms with van der Waals surface area (Å²) in [5, 5.41) is 16.6. The molecule has 3 unspecified atom stereocenters. The number of aromatic nitrogens is 1. The summed E-state index contributed by atoms with van der Waals surface area (Å²) in [7, 11) is 0. The Bertz CT molecular complexity index is 481. The quantitative estimate of drug-likeness (QED) is 0.797. The summed E-state index contributed by atoms with van der Waals surface area (Å²) in [6.45, 7) is 2.23. The molecule has 1 aromatic rings. The number of H-pyrrole nitrogens is 1. The minimum atomic E-state index is -0.562. The highest BCUT2D eigenvalue weighted by atomic mass is 14.9.